The van der Waals surface area contributed by atoms with Crippen molar-refractivity contribution in [1.82, 2.24) is 9.88 Å². The summed E-state index contributed by atoms with van der Waals surface area (Å²) >= 11 is 3.38. The average molecular weight is 341 g/mol. The molecule has 110 valence electrons. The number of amides is 1. The lowest BCUT2D eigenvalue weighted by Gasteiger charge is -2.35. The Morgan fingerprint density at radius 2 is 2.10 bits per heavy atom. The standard InChI is InChI=1S/C14H21BrN4O/c1-11(16)2-5-14(20)19-8-6-18(7-9-19)13-4-3-12(15)10-17-13/h3-4,10-11H,2,5-9,16H2,1H3. The fraction of sp³-hybridized carbons (Fsp3) is 0.571. The van der Waals surface area contributed by atoms with E-state index in [0.29, 0.717) is 6.42 Å². The van der Waals surface area contributed by atoms with Crippen LogP contribution in [-0.2, 0) is 4.79 Å². The van der Waals surface area contributed by atoms with Gasteiger partial charge in [0.05, 0.1) is 0 Å². The van der Waals surface area contributed by atoms with E-state index in [4.69, 9.17) is 5.73 Å². The first-order chi connectivity index (χ1) is 9.56. The Morgan fingerprint density at radius 1 is 1.40 bits per heavy atom. The number of carbonyl (C=O) groups excluding carboxylic acids is 1. The van der Waals surface area contributed by atoms with Crippen LogP contribution in [0.25, 0.3) is 0 Å². The highest BCUT2D eigenvalue weighted by Gasteiger charge is 2.21. The zero-order valence-corrected chi connectivity index (χ0v) is 13.3. The fourth-order valence-electron chi connectivity index (χ4n) is 2.25. The van der Waals surface area contributed by atoms with Crippen LogP contribution in [0.4, 0.5) is 5.82 Å². The second-order valence-corrected chi connectivity index (χ2v) is 6.13. The zero-order valence-electron chi connectivity index (χ0n) is 11.8. The van der Waals surface area contributed by atoms with Crippen LogP contribution in [0.1, 0.15) is 19.8 Å². The first-order valence-corrected chi connectivity index (χ1v) is 7.75. The Hall–Kier alpha value is -1.14. The van der Waals surface area contributed by atoms with Gasteiger partial charge in [-0.2, -0.15) is 0 Å². The Morgan fingerprint density at radius 3 is 2.65 bits per heavy atom. The van der Waals surface area contributed by atoms with Crippen molar-refractivity contribution in [3.8, 4) is 0 Å². The molecule has 1 aliphatic heterocycles. The predicted molar refractivity (Wildman–Crippen MR) is 83.6 cm³/mol. The van der Waals surface area contributed by atoms with Crippen LogP contribution in [0, 0.1) is 0 Å². The number of piperazine rings is 1. The second-order valence-electron chi connectivity index (χ2n) is 5.22. The van der Waals surface area contributed by atoms with Crippen LogP contribution in [0.5, 0.6) is 0 Å². The molecule has 1 amide bonds. The number of aromatic nitrogens is 1. The summed E-state index contributed by atoms with van der Waals surface area (Å²) in [5.74, 6) is 1.18. The highest BCUT2D eigenvalue weighted by molar-refractivity contribution is 9.10. The van der Waals surface area contributed by atoms with E-state index in [9.17, 15) is 4.79 Å². The summed E-state index contributed by atoms with van der Waals surface area (Å²) in [6.07, 6.45) is 3.11. The van der Waals surface area contributed by atoms with Crippen molar-refractivity contribution in [2.45, 2.75) is 25.8 Å². The van der Waals surface area contributed by atoms with Gasteiger partial charge in [-0.3, -0.25) is 4.79 Å². The highest BCUT2D eigenvalue weighted by atomic mass is 79.9. The van der Waals surface area contributed by atoms with Crippen LogP contribution in [0.3, 0.4) is 0 Å². The highest BCUT2D eigenvalue weighted by Crippen LogP contribution is 2.17. The van der Waals surface area contributed by atoms with Crippen molar-refractivity contribution in [3.63, 3.8) is 0 Å². The van der Waals surface area contributed by atoms with Gasteiger partial charge in [-0.1, -0.05) is 0 Å². The van der Waals surface area contributed by atoms with Crippen LogP contribution in [0.2, 0.25) is 0 Å². The van der Waals surface area contributed by atoms with Gasteiger partial charge < -0.3 is 15.5 Å². The maximum absolute atomic E-state index is 12.0. The maximum Gasteiger partial charge on any atom is 0.222 e. The van der Waals surface area contributed by atoms with Gasteiger partial charge in [-0.15, -0.1) is 0 Å². The normalized spacial score (nSPS) is 17.1. The van der Waals surface area contributed by atoms with Crippen molar-refractivity contribution >= 4 is 27.7 Å². The number of anilines is 1. The third kappa shape index (κ3) is 4.18. The van der Waals surface area contributed by atoms with E-state index in [1.54, 1.807) is 6.20 Å². The first kappa shape index (κ1) is 15.3. The number of rotatable bonds is 4. The molecule has 5 nitrogen and oxygen atoms in total. The number of hydrogen-bond acceptors (Lipinski definition) is 4. The van der Waals surface area contributed by atoms with Gasteiger partial charge in [0.15, 0.2) is 0 Å². The fourth-order valence-corrected chi connectivity index (χ4v) is 2.48. The Balaban J connectivity index is 1.83. The second kappa shape index (κ2) is 7.04. The molecule has 2 rings (SSSR count). The number of nitrogens with zero attached hydrogens (tertiary/aromatic N) is 3. The van der Waals surface area contributed by atoms with Gasteiger partial charge in [-0.25, -0.2) is 4.98 Å². The van der Waals surface area contributed by atoms with Crippen molar-refractivity contribution < 1.29 is 4.79 Å². The van der Waals surface area contributed by atoms with Crippen molar-refractivity contribution in [2.75, 3.05) is 31.1 Å². The number of nitrogens with two attached hydrogens (primary N) is 1. The predicted octanol–water partition coefficient (Wildman–Crippen LogP) is 1.62. The number of hydrogen-bond donors (Lipinski definition) is 1. The molecule has 0 spiro atoms. The molecule has 1 saturated heterocycles. The molecule has 1 aromatic heterocycles. The molecule has 1 aliphatic rings. The summed E-state index contributed by atoms with van der Waals surface area (Å²) in [5, 5.41) is 0. The lowest BCUT2D eigenvalue weighted by Crippen LogP contribution is -2.49. The lowest BCUT2D eigenvalue weighted by molar-refractivity contribution is -0.131. The molecule has 1 unspecified atom stereocenters. The van der Waals surface area contributed by atoms with E-state index >= 15 is 0 Å². The molecule has 20 heavy (non-hydrogen) atoms. The number of carbonyl (C=O) groups is 1. The topological polar surface area (TPSA) is 62.5 Å². The van der Waals surface area contributed by atoms with Gasteiger partial charge in [0.1, 0.15) is 5.82 Å². The minimum atomic E-state index is 0.0900. The molecule has 0 aliphatic carbocycles. The summed E-state index contributed by atoms with van der Waals surface area (Å²) < 4.78 is 0.978. The Labute approximate surface area is 128 Å². The molecular weight excluding hydrogens is 320 g/mol. The molecule has 0 saturated carbocycles. The zero-order chi connectivity index (χ0) is 14.5. The van der Waals surface area contributed by atoms with E-state index < -0.39 is 0 Å². The molecule has 1 atom stereocenters. The molecule has 0 bridgehead atoms. The molecule has 1 aromatic rings. The summed E-state index contributed by atoms with van der Waals surface area (Å²) in [5.41, 5.74) is 5.69. The maximum atomic E-state index is 12.0. The molecular formula is C14H21BrN4O. The van der Waals surface area contributed by atoms with Gasteiger partial charge in [0, 0.05) is 49.3 Å². The molecule has 0 radical (unpaired) electrons. The SMILES string of the molecule is CC(N)CCC(=O)N1CCN(c2ccc(Br)cn2)CC1. The molecule has 2 heterocycles. The van der Waals surface area contributed by atoms with Crippen LogP contribution < -0.4 is 10.6 Å². The van der Waals surface area contributed by atoms with E-state index in [0.717, 1.165) is 42.9 Å². The largest absolute Gasteiger partial charge is 0.353 e. The molecule has 2 N–H and O–H groups in total. The van der Waals surface area contributed by atoms with Gasteiger partial charge in [0.2, 0.25) is 5.91 Å². The summed E-state index contributed by atoms with van der Waals surface area (Å²) in [4.78, 5) is 20.5. The van der Waals surface area contributed by atoms with E-state index in [2.05, 4.69) is 25.8 Å². The van der Waals surface area contributed by atoms with Crippen molar-refractivity contribution in [1.29, 1.82) is 0 Å². The van der Waals surface area contributed by atoms with Crippen LogP contribution in [0.15, 0.2) is 22.8 Å². The summed E-state index contributed by atoms with van der Waals surface area (Å²) in [6, 6.07) is 4.08. The Bertz CT molecular complexity index is 441. The third-order valence-corrected chi connectivity index (χ3v) is 3.95. The van der Waals surface area contributed by atoms with Crippen LogP contribution in [-0.4, -0.2) is 48.0 Å². The molecule has 6 heteroatoms. The molecule has 1 fully saturated rings. The minimum absolute atomic E-state index is 0.0900. The van der Waals surface area contributed by atoms with Crippen molar-refractivity contribution in [2.24, 2.45) is 5.73 Å². The summed E-state index contributed by atoms with van der Waals surface area (Å²) in [7, 11) is 0. The monoisotopic (exact) mass is 340 g/mol. The smallest absolute Gasteiger partial charge is 0.222 e. The summed E-state index contributed by atoms with van der Waals surface area (Å²) in [6.45, 7) is 5.12. The lowest BCUT2D eigenvalue weighted by atomic mass is 10.1. The Kier molecular flexibility index (Phi) is 5.37. The third-order valence-electron chi connectivity index (χ3n) is 3.48. The number of pyridine rings is 1. The van der Waals surface area contributed by atoms with Gasteiger partial charge >= 0.3 is 0 Å². The van der Waals surface area contributed by atoms with Gasteiger partial charge in [0.25, 0.3) is 0 Å². The van der Waals surface area contributed by atoms with Crippen molar-refractivity contribution in [3.05, 3.63) is 22.8 Å². The quantitative estimate of drug-likeness (QED) is 0.904. The first-order valence-electron chi connectivity index (χ1n) is 6.96. The van der Waals surface area contributed by atoms with E-state index in [1.165, 1.54) is 0 Å². The van der Waals surface area contributed by atoms with Crippen LogP contribution >= 0.6 is 15.9 Å². The van der Waals surface area contributed by atoms with E-state index in [1.807, 2.05) is 24.0 Å². The minimum Gasteiger partial charge on any atom is -0.353 e. The van der Waals surface area contributed by atoms with Gasteiger partial charge in [-0.05, 0) is 41.4 Å². The molecule has 0 aromatic carbocycles. The van der Waals surface area contributed by atoms with E-state index in [-0.39, 0.29) is 11.9 Å². The number of halogens is 1. The average Bonchev–Trinajstić information content (AvgIpc) is 2.46.